The van der Waals surface area contributed by atoms with Crippen molar-refractivity contribution < 1.29 is 0 Å². The number of thioether (sulfide) groups is 1. The average Bonchev–Trinajstić information content (AvgIpc) is 2.66. The summed E-state index contributed by atoms with van der Waals surface area (Å²) in [7, 11) is 0. The maximum absolute atomic E-state index is 8.37. The third-order valence-corrected chi connectivity index (χ3v) is 3.09. The van der Waals surface area contributed by atoms with Crippen molar-refractivity contribution in [3.05, 3.63) is 17.7 Å². The zero-order valence-electron chi connectivity index (χ0n) is 7.91. The van der Waals surface area contributed by atoms with Crippen LogP contribution in [0.2, 0.25) is 0 Å². The third kappa shape index (κ3) is 3.13. The molecule has 0 saturated heterocycles. The highest BCUT2D eigenvalue weighted by Gasteiger charge is 2.04. The summed E-state index contributed by atoms with van der Waals surface area (Å²) in [6, 6.07) is 2.08. The van der Waals surface area contributed by atoms with Crippen LogP contribution in [0.5, 0.6) is 0 Å². The molecule has 1 rings (SSSR count). The molecular formula is C9H11N3S2. The molecule has 1 heterocycles. The lowest BCUT2D eigenvalue weighted by atomic mass is 10.5. The topological polar surface area (TPSA) is 52.5 Å². The third-order valence-electron chi connectivity index (χ3n) is 1.63. The van der Waals surface area contributed by atoms with Crippen molar-refractivity contribution in [1.82, 2.24) is 9.97 Å². The highest BCUT2D eigenvalue weighted by molar-refractivity contribution is 8.23. The van der Waals surface area contributed by atoms with Crippen LogP contribution in [0.1, 0.15) is 24.9 Å². The normalized spacial score (nSPS) is 9.71. The first-order chi connectivity index (χ1) is 6.77. The minimum Gasteiger partial charge on any atom is -0.341 e. The molecule has 0 atom stereocenters. The highest BCUT2D eigenvalue weighted by atomic mass is 32.2. The van der Waals surface area contributed by atoms with E-state index in [9.17, 15) is 0 Å². The number of nitrogens with zero attached hydrogens (tertiary/aromatic N) is 2. The molecule has 0 aliphatic carbocycles. The number of hydrogen-bond acceptors (Lipinski definition) is 4. The Labute approximate surface area is 92.9 Å². The fraction of sp³-hybridized carbons (Fsp3) is 0.444. The molecule has 14 heavy (non-hydrogen) atoms. The summed E-state index contributed by atoms with van der Waals surface area (Å²) in [5, 5.41) is 8.37. The number of thiocarbonyl (C=S) groups is 1. The number of rotatable bonds is 4. The second-order valence-corrected chi connectivity index (χ2v) is 4.41. The molecule has 0 saturated carbocycles. The zero-order chi connectivity index (χ0) is 10.4. The van der Waals surface area contributed by atoms with E-state index in [0.717, 1.165) is 27.9 Å². The lowest BCUT2D eigenvalue weighted by Gasteiger charge is -1.97. The lowest BCUT2D eigenvalue weighted by molar-refractivity contribution is 0.988. The van der Waals surface area contributed by atoms with Gasteiger partial charge in [0, 0.05) is 18.6 Å². The van der Waals surface area contributed by atoms with Crippen molar-refractivity contribution in [2.75, 3.05) is 5.75 Å². The highest BCUT2D eigenvalue weighted by Crippen LogP contribution is 2.13. The van der Waals surface area contributed by atoms with Gasteiger partial charge < -0.3 is 4.98 Å². The van der Waals surface area contributed by atoms with E-state index in [1.807, 2.05) is 6.92 Å². The van der Waals surface area contributed by atoms with Crippen LogP contribution < -0.4 is 0 Å². The summed E-state index contributed by atoms with van der Waals surface area (Å²) in [4.78, 5) is 7.30. The maximum Gasteiger partial charge on any atom is 0.106 e. The largest absolute Gasteiger partial charge is 0.341 e. The van der Waals surface area contributed by atoms with Gasteiger partial charge in [-0.1, -0.05) is 19.1 Å². The smallest absolute Gasteiger partial charge is 0.106 e. The molecule has 0 radical (unpaired) electrons. The van der Waals surface area contributed by atoms with E-state index in [0.29, 0.717) is 6.42 Å². The minimum atomic E-state index is 0.527. The Morgan fingerprint density at radius 1 is 1.79 bits per heavy atom. The molecule has 0 aliphatic heterocycles. The fourth-order valence-corrected chi connectivity index (χ4v) is 1.90. The second-order valence-electron chi connectivity index (χ2n) is 2.64. The Kier molecular flexibility index (Phi) is 4.63. The molecule has 74 valence electrons. The number of aromatic nitrogens is 2. The van der Waals surface area contributed by atoms with Crippen LogP contribution in [0, 0.1) is 11.3 Å². The summed E-state index contributed by atoms with van der Waals surface area (Å²) in [5.41, 5.74) is 0.889. The standard InChI is InChI=1S/C9H11N3S2/c1-2-8-11-6-7(12-8)9(13)14-5-3-4-10/h6H,2-3,5H2,1H3,(H,11,12). The Hall–Kier alpha value is -0.860. The van der Waals surface area contributed by atoms with Crippen molar-refractivity contribution in [3.63, 3.8) is 0 Å². The monoisotopic (exact) mass is 225 g/mol. The Balaban J connectivity index is 2.48. The van der Waals surface area contributed by atoms with Gasteiger partial charge in [0.25, 0.3) is 0 Å². The van der Waals surface area contributed by atoms with Crippen LogP contribution in [-0.2, 0) is 6.42 Å². The van der Waals surface area contributed by atoms with Crippen LogP contribution in [-0.4, -0.2) is 19.9 Å². The van der Waals surface area contributed by atoms with Gasteiger partial charge in [-0.05, 0) is 0 Å². The van der Waals surface area contributed by atoms with Gasteiger partial charge in [0.05, 0.1) is 22.2 Å². The van der Waals surface area contributed by atoms with Crippen LogP contribution in [0.25, 0.3) is 0 Å². The van der Waals surface area contributed by atoms with Crippen LogP contribution in [0.15, 0.2) is 6.20 Å². The molecule has 3 nitrogen and oxygen atoms in total. The molecule has 1 aromatic heterocycles. The SMILES string of the molecule is CCc1ncc(C(=S)SCCC#N)[nH]1. The summed E-state index contributed by atoms with van der Waals surface area (Å²) in [6.07, 6.45) is 3.16. The van der Waals surface area contributed by atoms with Crippen molar-refractivity contribution in [1.29, 1.82) is 5.26 Å². The van der Waals surface area contributed by atoms with Gasteiger partial charge in [0.1, 0.15) is 5.82 Å². The molecule has 0 aromatic carbocycles. The number of aromatic amines is 1. The van der Waals surface area contributed by atoms with Crippen molar-refractivity contribution in [2.45, 2.75) is 19.8 Å². The first-order valence-corrected chi connectivity index (χ1v) is 5.75. The molecule has 1 aromatic rings. The van der Waals surface area contributed by atoms with E-state index in [1.165, 1.54) is 11.8 Å². The molecule has 5 heteroatoms. The van der Waals surface area contributed by atoms with E-state index < -0.39 is 0 Å². The van der Waals surface area contributed by atoms with Crippen LogP contribution in [0.3, 0.4) is 0 Å². The van der Waals surface area contributed by atoms with Gasteiger partial charge in [0.2, 0.25) is 0 Å². The summed E-state index contributed by atoms with van der Waals surface area (Å²) < 4.78 is 0.785. The summed E-state index contributed by atoms with van der Waals surface area (Å²) >= 11 is 6.69. The second kappa shape index (κ2) is 5.78. The number of nitrogens with one attached hydrogen (secondary N) is 1. The van der Waals surface area contributed by atoms with Gasteiger partial charge in [-0.3, -0.25) is 0 Å². The van der Waals surface area contributed by atoms with Crippen molar-refractivity contribution in [2.24, 2.45) is 0 Å². The van der Waals surface area contributed by atoms with E-state index in [2.05, 4.69) is 16.0 Å². The molecule has 0 fully saturated rings. The van der Waals surface area contributed by atoms with Gasteiger partial charge >= 0.3 is 0 Å². The first-order valence-electron chi connectivity index (χ1n) is 4.36. The summed E-state index contributed by atoms with van der Waals surface area (Å²) in [6.45, 7) is 2.04. The number of nitriles is 1. The van der Waals surface area contributed by atoms with Gasteiger partial charge in [0.15, 0.2) is 0 Å². The molecule has 0 spiro atoms. The van der Waals surface area contributed by atoms with Crippen molar-refractivity contribution >= 4 is 28.2 Å². The number of hydrogen-bond donors (Lipinski definition) is 1. The predicted octanol–water partition coefficient (Wildman–Crippen LogP) is 2.29. The maximum atomic E-state index is 8.37. The van der Waals surface area contributed by atoms with Gasteiger partial charge in [-0.25, -0.2) is 4.98 Å². The van der Waals surface area contributed by atoms with E-state index >= 15 is 0 Å². The zero-order valence-corrected chi connectivity index (χ0v) is 9.54. The van der Waals surface area contributed by atoms with E-state index in [-0.39, 0.29) is 0 Å². The molecule has 0 aliphatic rings. The Morgan fingerprint density at radius 3 is 3.14 bits per heavy atom. The number of H-pyrrole nitrogens is 1. The first kappa shape index (κ1) is 11.2. The quantitative estimate of drug-likeness (QED) is 0.631. The molecule has 0 bridgehead atoms. The van der Waals surface area contributed by atoms with Crippen LogP contribution in [0.4, 0.5) is 0 Å². The summed E-state index contributed by atoms with van der Waals surface area (Å²) in [5.74, 6) is 1.69. The lowest BCUT2D eigenvalue weighted by Crippen LogP contribution is -1.94. The van der Waals surface area contributed by atoms with E-state index in [4.69, 9.17) is 17.5 Å². The van der Waals surface area contributed by atoms with E-state index in [1.54, 1.807) is 6.20 Å². The molecule has 0 unspecified atom stereocenters. The molecule has 0 amide bonds. The number of aryl methyl sites for hydroxylation is 1. The number of imidazole rings is 1. The molecule has 1 N–H and O–H groups in total. The van der Waals surface area contributed by atoms with Gasteiger partial charge in [-0.15, -0.1) is 11.8 Å². The molecular weight excluding hydrogens is 214 g/mol. The Bertz CT molecular complexity index is 351. The van der Waals surface area contributed by atoms with Crippen LogP contribution >= 0.6 is 24.0 Å². The fourth-order valence-electron chi connectivity index (χ4n) is 0.913. The van der Waals surface area contributed by atoms with Gasteiger partial charge in [-0.2, -0.15) is 5.26 Å². The average molecular weight is 225 g/mol. The Morgan fingerprint density at radius 2 is 2.57 bits per heavy atom. The predicted molar refractivity (Wildman–Crippen MR) is 62.4 cm³/mol. The van der Waals surface area contributed by atoms with Crippen molar-refractivity contribution in [3.8, 4) is 6.07 Å². The minimum absolute atomic E-state index is 0.527.